The maximum absolute atomic E-state index is 13.0. The molecule has 0 aromatic heterocycles. The van der Waals surface area contributed by atoms with E-state index >= 15 is 0 Å². The molecule has 0 heterocycles. The number of aliphatic hydroxyl groups excluding tert-OH is 1. The molecule has 3 rings (SSSR count). The highest BCUT2D eigenvalue weighted by molar-refractivity contribution is 7.89. The second kappa shape index (κ2) is 9.06. The second-order valence-electron chi connectivity index (χ2n) is 7.93. The number of carbonyl (C=O) groups is 1. The summed E-state index contributed by atoms with van der Waals surface area (Å²) in [5, 5.41) is 8.86. The molecule has 30 heavy (non-hydrogen) atoms. The van der Waals surface area contributed by atoms with Crippen LogP contribution in [0.3, 0.4) is 0 Å². The molecule has 0 saturated carbocycles. The molecular formula is C22H26ClNO5S. The van der Waals surface area contributed by atoms with Crippen LogP contribution in [-0.4, -0.2) is 37.1 Å². The van der Waals surface area contributed by atoms with Crippen molar-refractivity contribution in [1.29, 1.82) is 0 Å². The third kappa shape index (κ3) is 4.86. The summed E-state index contributed by atoms with van der Waals surface area (Å²) >= 11 is 6.09. The number of hydrogen-bond donors (Lipinski definition) is 2. The van der Waals surface area contributed by atoms with Crippen molar-refractivity contribution in [3.05, 3.63) is 65.2 Å². The van der Waals surface area contributed by atoms with E-state index in [9.17, 15) is 18.3 Å². The molecule has 8 heteroatoms. The number of rotatable bonds is 7. The lowest BCUT2D eigenvalue weighted by molar-refractivity contribution is -0.152. The van der Waals surface area contributed by atoms with Crippen molar-refractivity contribution in [2.24, 2.45) is 5.92 Å². The highest BCUT2D eigenvalue weighted by Crippen LogP contribution is 2.35. The number of esters is 1. The van der Waals surface area contributed by atoms with Crippen molar-refractivity contribution in [2.75, 3.05) is 0 Å². The monoisotopic (exact) mass is 451 g/mol. The van der Waals surface area contributed by atoms with Crippen LogP contribution in [0.2, 0.25) is 0 Å². The molecule has 0 radical (unpaired) electrons. The van der Waals surface area contributed by atoms with Crippen LogP contribution in [0.25, 0.3) is 0 Å². The van der Waals surface area contributed by atoms with Gasteiger partial charge in [0.2, 0.25) is 10.0 Å². The largest absolute Gasteiger partial charge is 0.459 e. The molecular weight excluding hydrogens is 426 g/mol. The number of aliphatic hydroxyl groups is 1. The minimum atomic E-state index is -3.85. The number of sulfonamides is 1. The van der Waals surface area contributed by atoms with E-state index in [0.717, 1.165) is 16.7 Å². The molecule has 0 spiro atoms. The Morgan fingerprint density at radius 2 is 1.80 bits per heavy atom. The molecule has 6 nitrogen and oxygen atoms in total. The van der Waals surface area contributed by atoms with Crippen molar-refractivity contribution in [1.82, 2.24) is 4.72 Å². The minimum Gasteiger partial charge on any atom is -0.459 e. The van der Waals surface area contributed by atoms with Crippen LogP contribution >= 0.6 is 11.6 Å². The average molecular weight is 452 g/mol. The first kappa shape index (κ1) is 22.7. The first-order chi connectivity index (χ1) is 14.1. The molecule has 0 aliphatic heterocycles. The molecule has 1 aliphatic rings. The fourth-order valence-electron chi connectivity index (χ4n) is 3.45. The smallest absolute Gasteiger partial charge is 0.327 e. The number of aryl methyl sites for hydroxylation is 1. The van der Waals surface area contributed by atoms with Gasteiger partial charge in [0, 0.05) is 6.42 Å². The Labute approximate surface area is 182 Å². The van der Waals surface area contributed by atoms with Gasteiger partial charge in [-0.05, 0) is 36.1 Å². The van der Waals surface area contributed by atoms with Gasteiger partial charge < -0.3 is 9.84 Å². The Kier molecular flexibility index (Phi) is 6.87. The first-order valence-corrected chi connectivity index (χ1v) is 11.7. The van der Waals surface area contributed by atoms with Crippen LogP contribution in [0.4, 0.5) is 0 Å². The van der Waals surface area contributed by atoms with E-state index in [1.165, 1.54) is 12.1 Å². The summed E-state index contributed by atoms with van der Waals surface area (Å²) in [7, 11) is -3.85. The van der Waals surface area contributed by atoms with Gasteiger partial charge in [-0.3, -0.25) is 4.79 Å². The summed E-state index contributed by atoms with van der Waals surface area (Å²) < 4.78 is 34.2. The van der Waals surface area contributed by atoms with E-state index in [1.807, 2.05) is 31.2 Å². The molecule has 2 aromatic rings. The highest BCUT2D eigenvalue weighted by atomic mass is 35.5. The number of ether oxygens (including phenoxy) is 1. The molecule has 2 aromatic carbocycles. The van der Waals surface area contributed by atoms with Gasteiger partial charge in [-0.15, -0.1) is 11.6 Å². The van der Waals surface area contributed by atoms with E-state index in [-0.39, 0.29) is 10.8 Å². The molecule has 162 valence electrons. The Hall–Kier alpha value is -1.93. The number of alkyl halides is 1. The Bertz CT molecular complexity index is 1010. The number of benzene rings is 2. The first-order valence-electron chi connectivity index (χ1n) is 9.79. The Morgan fingerprint density at radius 3 is 2.43 bits per heavy atom. The van der Waals surface area contributed by atoms with Crippen LogP contribution in [0.5, 0.6) is 0 Å². The molecule has 0 fully saturated rings. The Balaban J connectivity index is 1.85. The van der Waals surface area contributed by atoms with Gasteiger partial charge in [0.1, 0.15) is 6.10 Å². The van der Waals surface area contributed by atoms with Crippen LogP contribution in [0, 0.1) is 12.8 Å². The lowest BCUT2D eigenvalue weighted by atomic mass is 10.0. The standard InChI is InChI=1S/C22H26ClNO5S/c1-13(2)21(25)19(23)22(26)29-18-12-15-6-4-5-7-17(15)20(18)24-30(27,28)16-10-8-14(3)9-11-16/h4-11,13,18-21,24-25H,12H2,1-3H3/t18-,19+,20+,21+/m0/s1. The molecule has 2 N–H and O–H groups in total. The summed E-state index contributed by atoms with van der Waals surface area (Å²) in [4.78, 5) is 12.7. The third-order valence-corrected chi connectivity index (χ3v) is 7.17. The number of fused-ring (bicyclic) bond motifs is 1. The van der Waals surface area contributed by atoms with Crippen molar-refractivity contribution in [2.45, 2.75) is 55.7 Å². The van der Waals surface area contributed by atoms with E-state index < -0.39 is 39.6 Å². The normalized spacial score (nSPS) is 20.6. The van der Waals surface area contributed by atoms with Crippen LogP contribution in [0.15, 0.2) is 53.4 Å². The maximum Gasteiger partial charge on any atom is 0.327 e. The van der Waals surface area contributed by atoms with Crippen LogP contribution < -0.4 is 4.72 Å². The molecule has 4 atom stereocenters. The van der Waals surface area contributed by atoms with Gasteiger partial charge in [0.05, 0.1) is 17.0 Å². The maximum atomic E-state index is 13.0. The lowest BCUT2D eigenvalue weighted by Crippen LogP contribution is -2.40. The Morgan fingerprint density at radius 1 is 1.17 bits per heavy atom. The quantitative estimate of drug-likeness (QED) is 0.498. The second-order valence-corrected chi connectivity index (χ2v) is 10.1. The van der Waals surface area contributed by atoms with E-state index in [1.54, 1.807) is 26.0 Å². The number of carbonyl (C=O) groups excluding carboxylic acids is 1. The third-order valence-electron chi connectivity index (χ3n) is 5.27. The summed E-state index contributed by atoms with van der Waals surface area (Å²) in [5.74, 6) is -0.994. The van der Waals surface area contributed by atoms with Crippen LogP contribution in [-0.2, 0) is 26.0 Å². The summed E-state index contributed by atoms with van der Waals surface area (Å²) in [6.07, 6.45) is -1.48. The fourth-order valence-corrected chi connectivity index (χ4v) is 5.04. The van der Waals surface area contributed by atoms with Gasteiger partial charge in [-0.1, -0.05) is 55.8 Å². The van der Waals surface area contributed by atoms with Crippen molar-refractivity contribution in [3.63, 3.8) is 0 Å². The molecule has 0 amide bonds. The fraction of sp³-hybridized carbons (Fsp3) is 0.409. The van der Waals surface area contributed by atoms with E-state index in [2.05, 4.69) is 4.72 Å². The van der Waals surface area contributed by atoms with E-state index in [4.69, 9.17) is 16.3 Å². The topological polar surface area (TPSA) is 92.7 Å². The number of halogens is 1. The zero-order valence-corrected chi connectivity index (χ0v) is 18.7. The number of nitrogens with one attached hydrogen (secondary N) is 1. The van der Waals surface area contributed by atoms with Gasteiger partial charge in [-0.2, -0.15) is 4.72 Å². The zero-order chi connectivity index (χ0) is 22.1. The van der Waals surface area contributed by atoms with Gasteiger partial charge >= 0.3 is 5.97 Å². The predicted molar refractivity (Wildman–Crippen MR) is 115 cm³/mol. The number of hydrogen-bond acceptors (Lipinski definition) is 5. The molecule has 1 aliphatic carbocycles. The van der Waals surface area contributed by atoms with E-state index in [0.29, 0.717) is 6.42 Å². The van der Waals surface area contributed by atoms with Crippen molar-refractivity contribution < 1.29 is 23.1 Å². The van der Waals surface area contributed by atoms with Gasteiger partial charge in [0.25, 0.3) is 0 Å². The minimum absolute atomic E-state index is 0.132. The summed E-state index contributed by atoms with van der Waals surface area (Å²) in [6.45, 7) is 5.37. The van der Waals surface area contributed by atoms with Crippen LogP contribution in [0.1, 0.15) is 36.6 Å². The average Bonchev–Trinajstić information content (AvgIpc) is 3.03. The predicted octanol–water partition coefficient (Wildman–Crippen LogP) is 3.11. The lowest BCUT2D eigenvalue weighted by Gasteiger charge is -2.25. The van der Waals surface area contributed by atoms with Crippen molar-refractivity contribution >= 4 is 27.6 Å². The highest BCUT2D eigenvalue weighted by Gasteiger charge is 2.40. The van der Waals surface area contributed by atoms with Crippen molar-refractivity contribution in [3.8, 4) is 0 Å². The summed E-state index contributed by atoms with van der Waals surface area (Å²) in [6, 6.07) is 13.1. The molecule has 0 bridgehead atoms. The van der Waals surface area contributed by atoms with Gasteiger partial charge in [-0.25, -0.2) is 8.42 Å². The van der Waals surface area contributed by atoms with Gasteiger partial charge in [0.15, 0.2) is 5.38 Å². The SMILES string of the molecule is Cc1ccc(S(=O)(=O)N[C@@H]2c3ccccc3C[C@@H]2OC(=O)[C@H](Cl)[C@H](O)C(C)C)cc1. The zero-order valence-electron chi connectivity index (χ0n) is 17.1. The molecule has 0 saturated heterocycles. The summed E-state index contributed by atoms with van der Waals surface area (Å²) in [5.41, 5.74) is 2.59. The molecule has 0 unspecified atom stereocenters.